The van der Waals surface area contributed by atoms with Crippen molar-refractivity contribution in [2.24, 2.45) is 0 Å². The summed E-state index contributed by atoms with van der Waals surface area (Å²) in [6, 6.07) is 7.30. The zero-order valence-electron chi connectivity index (χ0n) is 12.2. The Balaban J connectivity index is 2.29. The van der Waals surface area contributed by atoms with Gasteiger partial charge in [0.1, 0.15) is 8.07 Å². The summed E-state index contributed by atoms with van der Waals surface area (Å²) in [6.45, 7) is 8.25. The van der Waals surface area contributed by atoms with Crippen LogP contribution in [0, 0.1) is 18.4 Å². The number of carbonyl (C=O) groups is 2. The summed E-state index contributed by atoms with van der Waals surface area (Å²) in [6.07, 6.45) is 1.33. The highest BCUT2D eigenvalue weighted by Gasteiger charge is 2.31. The van der Waals surface area contributed by atoms with Gasteiger partial charge in [-0.3, -0.25) is 9.59 Å². The quantitative estimate of drug-likeness (QED) is 0.451. The van der Waals surface area contributed by atoms with Crippen molar-refractivity contribution >= 4 is 25.6 Å². The van der Waals surface area contributed by atoms with Gasteiger partial charge in [0.2, 0.25) is 0 Å². The van der Waals surface area contributed by atoms with E-state index in [0.717, 1.165) is 5.56 Å². The van der Waals surface area contributed by atoms with Crippen molar-refractivity contribution < 1.29 is 9.59 Å². The Morgan fingerprint density at radius 1 is 1.05 bits per heavy atom. The van der Waals surface area contributed by atoms with E-state index in [9.17, 15) is 9.59 Å². The second kappa shape index (κ2) is 5.10. The first kappa shape index (κ1) is 14.3. The number of anilines is 1. The number of amides is 2. The highest BCUT2D eigenvalue weighted by molar-refractivity contribution is 6.84. The molecule has 1 aromatic rings. The molecule has 0 saturated heterocycles. The van der Waals surface area contributed by atoms with Gasteiger partial charge in [0.25, 0.3) is 11.8 Å². The third-order valence-electron chi connectivity index (χ3n) is 2.79. The molecule has 1 heterocycles. The summed E-state index contributed by atoms with van der Waals surface area (Å²) < 4.78 is 0. The maximum absolute atomic E-state index is 12.3. The third-order valence-corrected chi connectivity index (χ3v) is 3.66. The Hall–Kier alpha value is -2.12. The van der Waals surface area contributed by atoms with Crippen molar-refractivity contribution in [2.45, 2.75) is 26.6 Å². The van der Waals surface area contributed by atoms with Crippen LogP contribution in [-0.2, 0) is 9.59 Å². The standard InChI is InChI=1S/C16H17NO2Si/c1-12-5-7-14(8-6-12)17-15(18)11-13(16(17)19)9-10-20(2,3)4/h5-8,11H,1-4H3. The van der Waals surface area contributed by atoms with Crippen LogP contribution in [0.15, 0.2) is 35.9 Å². The third kappa shape index (κ3) is 3.06. The number of nitrogens with zero attached hydrogens (tertiary/aromatic N) is 1. The summed E-state index contributed by atoms with van der Waals surface area (Å²) in [4.78, 5) is 25.4. The predicted octanol–water partition coefficient (Wildman–Crippen LogP) is 2.68. The van der Waals surface area contributed by atoms with Gasteiger partial charge >= 0.3 is 0 Å². The van der Waals surface area contributed by atoms with Crippen molar-refractivity contribution in [3.05, 3.63) is 41.5 Å². The summed E-state index contributed by atoms with van der Waals surface area (Å²) >= 11 is 0. The fourth-order valence-corrected chi connectivity index (χ4v) is 2.26. The molecule has 0 unspecified atom stereocenters. The minimum atomic E-state index is -1.57. The molecule has 1 aliphatic rings. The first-order chi connectivity index (χ1) is 9.28. The summed E-state index contributed by atoms with van der Waals surface area (Å²) in [5.74, 6) is 2.22. The van der Waals surface area contributed by atoms with Gasteiger partial charge in [0, 0.05) is 6.08 Å². The molecule has 20 heavy (non-hydrogen) atoms. The maximum atomic E-state index is 12.3. The van der Waals surface area contributed by atoms with Crippen molar-refractivity contribution in [3.63, 3.8) is 0 Å². The highest BCUT2D eigenvalue weighted by atomic mass is 28.3. The molecule has 0 aliphatic carbocycles. The Bertz CT molecular complexity index is 654. The van der Waals surface area contributed by atoms with Crippen LogP contribution in [0.25, 0.3) is 0 Å². The number of hydrogen-bond acceptors (Lipinski definition) is 2. The molecule has 0 atom stereocenters. The van der Waals surface area contributed by atoms with Gasteiger partial charge in [-0.05, 0) is 19.1 Å². The lowest BCUT2D eigenvalue weighted by Gasteiger charge is -2.14. The van der Waals surface area contributed by atoms with E-state index in [1.807, 2.05) is 19.1 Å². The van der Waals surface area contributed by atoms with Crippen LogP contribution in [0.2, 0.25) is 19.6 Å². The predicted molar refractivity (Wildman–Crippen MR) is 82.9 cm³/mol. The lowest BCUT2D eigenvalue weighted by molar-refractivity contribution is -0.120. The molecule has 4 heteroatoms. The van der Waals surface area contributed by atoms with Crippen LogP contribution in [-0.4, -0.2) is 19.9 Å². The Kier molecular flexibility index (Phi) is 3.65. The molecular weight excluding hydrogens is 266 g/mol. The molecule has 0 bridgehead atoms. The van der Waals surface area contributed by atoms with Crippen molar-refractivity contribution in [3.8, 4) is 11.5 Å². The van der Waals surface area contributed by atoms with Crippen LogP contribution in [0.5, 0.6) is 0 Å². The second-order valence-electron chi connectivity index (χ2n) is 5.87. The maximum Gasteiger partial charge on any atom is 0.273 e. The second-order valence-corrected chi connectivity index (χ2v) is 10.6. The van der Waals surface area contributed by atoms with E-state index in [2.05, 4.69) is 31.1 Å². The number of carbonyl (C=O) groups excluding carboxylic acids is 2. The molecule has 3 nitrogen and oxygen atoms in total. The van der Waals surface area contributed by atoms with E-state index in [-0.39, 0.29) is 17.4 Å². The average Bonchev–Trinajstić information content (AvgIpc) is 2.63. The van der Waals surface area contributed by atoms with Gasteiger partial charge < -0.3 is 0 Å². The van der Waals surface area contributed by atoms with Gasteiger partial charge in [-0.25, -0.2) is 4.90 Å². The molecular formula is C16H17NO2Si. The Labute approximate surface area is 120 Å². The van der Waals surface area contributed by atoms with Gasteiger partial charge in [-0.1, -0.05) is 43.3 Å². The molecule has 0 aromatic heterocycles. The van der Waals surface area contributed by atoms with Crippen molar-refractivity contribution in [2.75, 3.05) is 4.90 Å². The molecule has 0 radical (unpaired) electrons. The summed E-state index contributed by atoms with van der Waals surface area (Å²) in [5, 5.41) is 0. The smallest absolute Gasteiger partial charge is 0.269 e. The minimum absolute atomic E-state index is 0.290. The molecule has 1 aliphatic heterocycles. The first-order valence-corrected chi connectivity index (χ1v) is 9.98. The topological polar surface area (TPSA) is 37.4 Å². The minimum Gasteiger partial charge on any atom is -0.269 e. The molecule has 2 amide bonds. The van der Waals surface area contributed by atoms with Crippen LogP contribution < -0.4 is 4.90 Å². The van der Waals surface area contributed by atoms with Crippen LogP contribution >= 0.6 is 0 Å². The number of imide groups is 1. The molecule has 1 aromatic carbocycles. The molecule has 0 saturated carbocycles. The normalized spacial score (nSPS) is 15.0. The number of hydrogen-bond donors (Lipinski definition) is 0. The highest BCUT2D eigenvalue weighted by Crippen LogP contribution is 2.22. The fourth-order valence-electron chi connectivity index (χ4n) is 1.75. The van der Waals surface area contributed by atoms with Crippen LogP contribution in [0.3, 0.4) is 0 Å². The molecule has 0 spiro atoms. The van der Waals surface area contributed by atoms with Crippen LogP contribution in [0.1, 0.15) is 5.56 Å². The lowest BCUT2D eigenvalue weighted by Crippen LogP contribution is -2.30. The van der Waals surface area contributed by atoms with Crippen molar-refractivity contribution in [1.82, 2.24) is 0 Å². The summed E-state index contributed by atoms with van der Waals surface area (Å²) in [5.41, 5.74) is 5.08. The monoisotopic (exact) mass is 283 g/mol. The Morgan fingerprint density at radius 2 is 1.65 bits per heavy atom. The first-order valence-electron chi connectivity index (χ1n) is 6.48. The van der Waals surface area contributed by atoms with Gasteiger partial charge in [0.05, 0.1) is 11.3 Å². The van der Waals surface area contributed by atoms with E-state index in [4.69, 9.17) is 0 Å². The van der Waals surface area contributed by atoms with E-state index >= 15 is 0 Å². The molecule has 0 fully saturated rings. The molecule has 2 rings (SSSR count). The van der Waals surface area contributed by atoms with E-state index in [1.54, 1.807) is 12.1 Å². The number of aryl methyl sites for hydroxylation is 1. The zero-order chi connectivity index (χ0) is 14.9. The number of benzene rings is 1. The van der Waals surface area contributed by atoms with Gasteiger partial charge in [0.15, 0.2) is 0 Å². The van der Waals surface area contributed by atoms with Gasteiger partial charge in [-0.2, -0.15) is 0 Å². The van der Waals surface area contributed by atoms with Gasteiger partial charge in [-0.15, -0.1) is 5.54 Å². The fraction of sp³-hybridized carbons (Fsp3) is 0.250. The molecule has 102 valence electrons. The SMILES string of the molecule is Cc1ccc(N2C(=O)C=C(C#C[Si](C)(C)C)C2=O)cc1. The van der Waals surface area contributed by atoms with E-state index in [1.165, 1.54) is 11.0 Å². The largest absolute Gasteiger partial charge is 0.273 e. The lowest BCUT2D eigenvalue weighted by atomic mass is 10.2. The zero-order valence-corrected chi connectivity index (χ0v) is 13.2. The van der Waals surface area contributed by atoms with Crippen LogP contribution in [0.4, 0.5) is 5.69 Å². The van der Waals surface area contributed by atoms with E-state index < -0.39 is 8.07 Å². The molecule has 0 N–H and O–H groups in total. The Morgan fingerprint density at radius 3 is 2.20 bits per heavy atom. The average molecular weight is 283 g/mol. The summed E-state index contributed by atoms with van der Waals surface area (Å²) in [7, 11) is -1.57. The van der Waals surface area contributed by atoms with E-state index in [0.29, 0.717) is 5.69 Å². The van der Waals surface area contributed by atoms with Crippen molar-refractivity contribution in [1.29, 1.82) is 0 Å². The number of rotatable bonds is 1.